The van der Waals surface area contributed by atoms with Gasteiger partial charge >= 0.3 is 5.97 Å². The van der Waals surface area contributed by atoms with Crippen molar-refractivity contribution < 1.29 is 28.3 Å². The van der Waals surface area contributed by atoms with Crippen LogP contribution in [0.2, 0.25) is 0 Å². The highest BCUT2D eigenvalue weighted by molar-refractivity contribution is 5.95. The number of aryl methyl sites for hydroxylation is 1. The molecular formula is C28H26FN3O5. The minimum Gasteiger partial charge on any atom is -0.481 e. The number of hydrogen-bond donors (Lipinski definition) is 2. The van der Waals surface area contributed by atoms with E-state index in [0.717, 1.165) is 29.2 Å². The van der Waals surface area contributed by atoms with Crippen molar-refractivity contribution in [2.75, 3.05) is 13.7 Å². The number of methoxy groups -OCH3 is 1. The smallest absolute Gasteiger partial charge is 0.305 e. The Hall–Kier alpha value is -4.37. The number of halogens is 1. The zero-order chi connectivity index (χ0) is 26.4. The third-order valence-electron chi connectivity index (χ3n) is 5.86. The number of carboxylic acids is 1. The predicted octanol–water partition coefficient (Wildman–Crippen LogP) is 5.12. The van der Waals surface area contributed by atoms with E-state index in [2.05, 4.69) is 34.5 Å². The van der Waals surface area contributed by atoms with Gasteiger partial charge in [0, 0.05) is 24.8 Å². The second-order valence-electron chi connectivity index (χ2n) is 8.33. The van der Waals surface area contributed by atoms with Crippen molar-refractivity contribution in [1.82, 2.24) is 15.5 Å². The van der Waals surface area contributed by atoms with Crippen LogP contribution in [0.1, 0.15) is 34.8 Å². The molecule has 4 rings (SSSR count). The summed E-state index contributed by atoms with van der Waals surface area (Å²) >= 11 is 0. The van der Waals surface area contributed by atoms with Crippen LogP contribution in [0, 0.1) is 5.82 Å². The van der Waals surface area contributed by atoms with E-state index in [-0.39, 0.29) is 30.2 Å². The molecule has 190 valence electrons. The van der Waals surface area contributed by atoms with Gasteiger partial charge < -0.3 is 19.7 Å². The van der Waals surface area contributed by atoms with E-state index in [1.807, 2.05) is 30.3 Å². The molecule has 0 spiro atoms. The Balaban J connectivity index is 1.59. The topological polar surface area (TPSA) is 115 Å². The Morgan fingerprint density at radius 1 is 1.03 bits per heavy atom. The first kappa shape index (κ1) is 25.7. The number of amides is 1. The number of carbonyl (C=O) groups is 2. The molecule has 0 bridgehead atoms. The first-order valence-electron chi connectivity index (χ1n) is 11.8. The van der Waals surface area contributed by atoms with Gasteiger partial charge in [0.05, 0.1) is 18.6 Å². The molecule has 4 aromatic rings. The second kappa shape index (κ2) is 11.6. The van der Waals surface area contributed by atoms with Crippen LogP contribution in [0.4, 0.5) is 4.39 Å². The molecule has 3 aromatic carbocycles. The maximum absolute atomic E-state index is 14.6. The summed E-state index contributed by atoms with van der Waals surface area (Å²) in [6.45, 7) is 2.41. The lowest BCUT2D eigenvalue weighted by molar-refractivity contribution is -0.136. The maximum Gasteiger partial charge on any atom is 0.305 e. The highest BCUT2D eigenvalue weighted by Gasteiger charge is 2.18. The van der Waals surface area contributed by atoms with E-state index in [1.165, 1.54) is 17.7 Å². The number of carbonyl (C=O) groups excluding carboxylic acids is 1. The minimum absolute atomic E-state index is 0.0998. The number of carboxylic acid groups (broad SMARTS) is 1. The minimum atomic E-state index is -1.06. The van der Waals surface area contributed by atoms with Gasteiger partial charge in [-0.15, -0.1) is 0 Å². The Morgan fingerprint density at radius 3 is 2.51 bits per heavy atom. The fourth-order valence-electron chi connectivity index (χ4n) is 4.03. The number of benzene rings is 3. The quantitative estimate of drug-likeness (QED) is 0.309. The number of rotatable bonds is 10. The monoisotopic (exact) mass is 503 g/mol. The van der Waals surface area contributed by atoms with Crippen molar-refractivity contribution in [3.8, 4) is 34.0 Å². The van der Waals surface area contributed by atoms with Crippen LogP contribution in [-0.4, -0.2) is 40.8 Å². The zero-order valence-electron chi connectivity index (χ0n) is 20.5. The fourth-order valence-corrected chi connectivity index (χ4v) is 4.03. The van der Waals surface area contributed by atoms with Crippen molar-refractivity contribution in [1.29, 1.82) is 0 Å². The van der Waals surface area contributed by atoms with Gasteiger partial charge in [0.25, 0.3) is 11.8 Å². The molecule has 0 unspecified atom stereocenters. The molecular weight excluding hydrogens is 477 g/mol. The summed E-state index contributed by atoms with van der Waals surface area (Å²) in [5.74, 6) is -2.11. The van der Waals surface area contributed by atoms with E-state index in [1.54, 1.807) is 7.11 Å². The van der Waals surface area contributed by atoms with E-state index in [4.69, 9.17) is 14.4 Å². The second-order valence-corrected chi connectivity index (χ2v) is 8.33. The number of aliphatic carboxylic acids is 1. The Bertz CT molecular complexity index is 1430. The molecule has 0 atom stereocenters. The normalized spacial score (nSPS) is 10.9. The molecule has 1 amide bonds. The summed E-state index contributed by atoms with van der Waals surface area (Å²) in [7, 11) is 1.64. The van der Waals surface area contributed by atoms with Crippen LogP contribution < -0.4 is 5.32 Å². The fraction of sp³-hybridized carbons (Fsp3) is 0.214. The average molecular weight is 504 g/mol. The van der Waals surface area contributed by atoms with Crippen LogP contribution >= 0.6 is 0 Å². The van der Waals surface area contributed by atoms with Gasteiger partial charge in [-0.05, 0) is 52.9 Å². The molecule has 0 fully saturated rings. The van der Waals surface area contributed by atoms with Gasteiger partial charge in [-0.3, -0.25) is 9.59 Å². The van der Waals surface area contributed by atoms with Crippen LogP contribution in [0.5, 0.6) is 0 Å². The molecule has 1 aromatic heterocycles. The molecule has 9 heteroatoms. The largest absolute Gasteiger partial charge is 0.481 e. The Kier molecular flexibility index (Phi) is 8.05. The van der Waals surface area contributed by atoms with Gasteiger partial charge in [-0.25, -0.2) is 4.39 Å². The third-order valence-corrected chi connectivity index (χ3v) is 5.86. The van der Waals surface area contributed by atoms with Gasteiger partial charge in [0.2, 0.25) is 5.82 Å². The molecule has 0 aliphatic carbocycles. The summed E-state index contributed by atoms with van der Waals surface area (Å²) in [5.41, 5.74) is 5.21. The zero-order valence-corrected chi connectivity index (χ0v) is 20.5. The van der Waals surface area contributed by atoms with E-state index in [0.29, 0.717) is 17.7 Å². The summed E-state index contributed by atoms with van der Waals surface area (Å²) < 4.78 is 25.5. The van der Waals surface area contributed by atoms with E-state index >= 15 is 0 Å². The predicted molar refractivity (Wildman–Crippen MR) is 135 cm³/mol. The Morgan fingerprint density at radius 2 is 1.78 bits per heavy atom. The molecule has 0 aliphatic heterocycles. The standard InChI is InChI=1S/C28H26FN3O5/c1-3-17-6-4-5-7-21(17)22-10-9-19(14-20(22)16-36-2)28-31-26(32-37-28)18-8-11-23(24(29)15-18)27(35)30-13-12-25(33)34/h4-11,14-15H,3,12-13,16H2,1-2H3,(H,30,35)(H,33,34). The van der Waals surface area contributed by atoms with Crippen molar-refractivity contribution in [3.05, 3.63) is 83.2 Å². The van der Waals surface area contributed by atoms with Crippen molar-refractivity contribution in [2.45, 2.75) is 26.4 Å². The van der Waals surface area contributed by atoms with E-state index < -0.39 is 17.7 Å². The highest BCUT2D eigenvalue weighted by atomic mass is 19.1. The van der Waals surface area contributed by atoms with Crippen LogP contribution in [0.15, 0.2) is 65.2 Å². The molecule has 2 N–H and O–H groups in total. The molecule has 0 radical (unpaired) electrons. The van der Waals surface area contributed by atoms with Gasteiger partial charge in [0.1, 0.15) is 5.82 Å². The number of aromatic nitrogens is 2. The molecule has 1 heterocycles. The number of nitrogens with one attached hydrogen (secondary N) is 1. The van der Waals surface area contributed by atoms with Crippen molar-refractivity contribution in [2.24, 2.45) is 0 Å². The summed E-state index contributed by atoms with van der Waals surface area (Å²) in [6, 6.07) is 18.0. The number of nitrogens with zero attached hydrogens (tertiary/aromatic N) is 2. The molecule has 37 heavy (non-hydrogen) atoms. The SMILES string of the molecule is CCc1ccccc1-c1ccc(-c2nc(-c3ccc(C(=O)NCCC(=O)O)c(F)c3)no2)cc1COC. The molecule has 0 saturated carbocycles. The summed E-state index contributed by atoms with van der Waals surface area (Å²) in [4.78, 5) is 27.2. The maximum atomic E-state index is 14.6. The highest BCUT2D eigenvalue weighted by Crippen LogP contribution is 2.32. The lowest BCUT2D eigenvalue weighted by Crippen LogP contribution is -2.26. The third kappa shape index (κ3) is 5.90. The lowest BCUT2D eigenvalue weighted by Gasteiger charge is -2.13. The number of hydrogen-bond acceptors (Lipinski definition) is 6. The molecule has 8 nitrogen and oxygen atoms in total. The Labute approximate surface area is 213 Å². The first-order valence-corrected chi connectivity index (χ1v) is 11.8. The van der Waals surface area contributed by atoms with Crippen LogP contribution in [0.3, 0.4) is 0 Å². The van der Waals surface area contributed by atoms with Gasteiger partial charge in [0.15, 0.2) is 0 Å². The number of ether oxygens (including phenoxy) is 1. The van der Waals surface area contributed by atoms with Gasteiger partial charge in [-0.2, -0.15) is 4.98 Å². The van der Waals surface area contributed by atoms with Crippen molar-refractivity contribution >= 4 is 11.9 Å². The summed E-state index contributed by atoms with van der Waals surface area (Å²) in [5, 5.41) is 15.0. The first-order chi connectivity index (χ1) is 17.9. The summed E-state index contributed by atoms with van der Waals surface area (Å²) in [6.07, 6.45) is 0.645. The van der Waals surface area contributed by atoms with Crippen molar-refractivity contribution in [3.63, 3.8) is 0 Å². The van der Waals surface area contributed by atoms with Gasteiger partial charge in [-0.1, -0.05) is 48.5 Å². The lowest BCUT2D eigenvalue weighted by atomic mass is 9.93. The van der Waals surface area contributed by atoms with Crippen LogP contribution in [-0.2, 0) is 22.6 Å². The average Bonchev–Trinajstić information content (AvgIpc) is 3.39. The molecule has 0 aliphatic rings. The van der Waals surface area contributed by atoms with E-state index in [9.17, 15) is 14.0 Å². The molecule has 0 saturated heterocycles. The van der Waals surface area contributed by atoms with Crippen LogP contribution in [0.25, 0.3) is 34.0 Å².